The monoisotopic (exact) mass is 389 g/mol. The number of carbonyl (C=O) groups is 3. The van der Waals surface area contributed by atoms with Crippen molar-refractivity contribution < 1.29 is 37.0 Å². The Balaban J connectivity index is 3.56. The molecule has 27 heavy (non-hydrogen) atoms. The molecular weight excluding hydrogens is 371 g/mol. The third-order valence-electron chi connectivity index (χ3n) is 3.16. The highest BCUT2D eigenvalue weighted by molar-refractivity contribution is 6.06. The summed E-state index contributed by atoms with van der Waals surface area (Å²) in [5, 5.41) is 5.72. The van der Waals surface area contributed by atoms with Crippen molar-refractivity contribution in [1.29, 1.82) is 0 Å². The second-order valence-corrected chi connectivity index (χ2v) is 5.14. The maximum Gasteiger partial charge on any atom is 0.427 e. The second-order valence-electron chi connectivity index (χ2n) is 5.14. The van der Waals surface area contributed by atoms with Crippen LogP contribution in [0.1, 0.15) is 42.3 Å². The summed E-state index contributed by atoms with van der Waals surface area (Å²) < 4.78 is 49.5. The van der Waals surface area contributed by atoms with Crippen molar-refractivity contribution in [2.45, 2.75) is 26.9 Å². The fourth-order valence-electron chi connectivity index (χ4n) is 2.06. The number of hydrazone groups is 1. The van der Waals surface area contributed by atoms with Gasteiger partial charge < -0.3 is 14.8 Å². The Labute approximate surface area is 152 Å². The molecule has 2 N–H and O–H groups in total. The van der Waals surface area contributed by atoms with E-state index in [9.17, 15) is 27.6 Å². The Morgan fingerprint density at radius 2 is 1.78 bits per heavy atom. The van der Waals surface area contributed by atoms with Gasteiger partial charge in [-0.15, -0.1) is 0 Å². The number of amides is 2. The van der Waals surface area contributed by atoms with Gasteiger partial charge in [-0.25, -0.2) is 15.0 Å². The lowest BCUT2D eigenvalue weighted by molar-refractivity contribution is -0.137. The molecule has 0 aliphatic rings. The van der Waals surface area contributed by atoms with Crippen molar-refractivity contribution in [3.05, 3.63) is 28.8 Å². The second kappa shape index (κ2) is 9.01. The zero-order chi connectivity index (χ0) is 20.8. The molecular formula is C16H18F3N3O5. The van der Waals surface area contributed by atoms with Crippen LogP contribution in [0.25, 0.3) is 0 Å². The first kappa shape index (κ1) is 21.9. The molecule has 11 heteroatoms. The van der Waals surface area contributed by atoms with Crippen molar-refractivity contribution in [3.8, 4) is 0 Å². The predicted molar refractivity (Wildman–Crippen MR) is 89.5 cm³/mol. The minimum atomic E-state index is -4.82. The molecule has 0 aliphatic carbocycles. The molecule has 1 aromatic rings. The Hall–Kier alpha value is -3.11. The van der Waals surface area contributed by atoms with E-state index in [1.54, 1.807) is 6.92 Å². The van der Waals surface area contributed by atoms with Crippen LogP contribution in [0.2, 0.25) is 0 Å². The number of halogens is 3. The third kappa shape index (κ3) is 5.97. The number of hydrogen-bond donors (Lipinski definition) is 2. The molecule has 1 rings (SSSR count). The van der Waals surface area contributed by atoms with Crippen LogP contribution in [-0.2, 0) is 20.4 Å². The number of carbonyl (C=O) groups excluding carboxylic acids is 3. The van der Waals surface area contributed by atoms with Gasteiger partial charge in [0.15, 0.2) is 0 Å². The Bertz CT molecular complexity index is 775. The van der Waals surface area contributed by atoms with Gasteiger partial charge in [-0.05, 0) is 26.0 Å². The maximum atomic E-state index is 13.5. The number of nitrogens with zero attached hydrogens (tertiary/aromatic N) is 1. The van der Waals surface area contributed by atoms with Gasteiger partial charge in [0.05, 0.1) is 36.2 Å². The third-order valence-corrected chi connectivity index (χ3v) is 3.16. The quantitative estimate of drug-likeness (QED) is 0.458. The van der Waals surface area contributed by atoms with Crippen LogP contribution in [-0.4, -0.2) is 37.4 Å². The molecule has 148 valence electrons. The van der Waals surface area contributed by atoms with E-state index in [-0.39, 0.29) is 23.6 Å². The number of rotatable bonds is 5. The molecule has 0 saturated carbocycles. The molecule has 8 nitrogen and oxygen atoms in total. The van der Waals surface area contributed by atoms with Crippen LogP contribution in [0.4, 0.5) is 23.7 Å². The summed E-state index contributed by atoms with van der Waals surface area (Å²) in [6.45, 7) is 3.88. The molecule has 0 saturated heterocycles. The lowest BCUT2D eigenvalue weighted by atomic mass is 9.98. The largest absolute Gasteiger partial charge is 0.465 e. The van der Waals surface area contributed by atoms with Gasteiger partial charge >= 0.3 is 18.2 Å². The molecule has 0 aromatic heterocycles. The van der Waals surface area contributed by atoms with Crippen molar-refractivity contribution in [2.75, 3.05) is 19.0 Å². The predicted octanol–water partition coefficient (Wildman–Crippen LogP) is 2.92. The van der Waals surface area contributed by atoms with Gasteiger partial charge in [0, 0.05) is 12.5 Å². The summed E-state index contributed by atoms with van der Waals surface area (Å²) in [7, 11) is 1.04. The number of benzene rings is 1. The van der Waals surface area contributed by atoms with Crippen LogP contribution < -0.4 is 10.7 Å². The molecule has 0 heterocycles. The lowest BCUT2D eigenvalue weighted by Gasteiger charge is -2.17. The van der Waals surface area contributed by atoms with E-state index in [4.69, 9.17) is 0 Å². The molecule has 1 aromatic carbocycles. The van der Waals surface area contributed by atoms with E-state index in [0.29, 0.717) is 6.07 Å². The van der Waals surface area contributed by atoms with Crippen LogP contribution >= 0.6 is 0 Å². The fraction of sp³-hybridized carbons (Fsp3) is 0.375. The molecule has 0 fully saturated rings. The van der Waals surface area contributed by atoms with E-state index in [0.717, 1.165) is 20.1 Å². The Kier molecular flexibility index (Phi) is 7.32. The topological polar surface area (TPSA) is 106 Å². The normalized spacial score (nSPS) is 11.6. The smallest absolute Gasteiger partial charge is 0.427 e. The summed E-state index contributed by atoms with van der Waals surface area (Å²) in [6.07, 6.45) is -5.77. The first-order chi connectivity index (χ1) is 12.5. The van der Waals surface area contributed by atoms with E-state index >= 15 is 0 Å². The van der Waals surface area contributed by atoms with Crippen molar-refractivity contribution in [2.24, 2.45) is 5.10 Å². The minimum Gasteiger partial charge on any atom is -0.465 e. The number of ether oxygens (including phenoxy) is 2. The fourth-order valence-corrected chi connectivity index (χ4v) is 2.06. The number of esters is 1. The highest BCUT2D eigenvalue weighted by atomic mass is 19.4. The summed E-state index contributed by atoms with van der Waals surface area (Å²) >= 11 is 0. The van der Waals surface area contributed by atoms with E-state index < -0.39 is 35.3 Å². The van der Waals surface area contributed by atoms with E-state index in [1.165, 1.54) is 6.92 Å². The van der Waals surface area contributed by atoms with E-state index in [2.05, 4.69) is 19.9 Å². The van der Waals surface area contributed by atoms with E-state index in [1.807, 2.05) is 5.43 Å². The number of anilines is 1. The average molecular weight is 389 g/mol. The Morgan fingerprint density at radius 1 is 1.15 bits per heavy atom. The minimum absolute atomic E-state index is 0.0477. The molecule has 0 radical (unpaired) electrons. The standard InChI is InChI=1S/C16H18F3N3O5/c1-5-27-15(25)22-21-8(2)10-6-11(14(24)26-4)13(20-9(3)23)7-12(10)16(17,18)19/h6-7H,5H2,1-4H3,(H,20,23)(H,22,25)/b21-8+. The maximum absolute atomic E-state index is 13.5. The van der Waals surface area contributed by atoms with Crippen LogP contribution in [0.3, 0.4) is 0 Å². The van der Waals surface area contributed by atoms with Crippen molar-refractivity contribution in [1.82, 2.24) is 5.43 Å². The van der Waals surface area contributed by atoms with Crippen molar-refractivity contribution in [3.63, 3.8) is 0 Å². The summed E-state index contributed by atoms with van der Waals surface area (Å²) in [4.78, 5) is 34.5. The van der Waals surface area contributed by atoms with Crippen LogP contribution in [0.15, 0.2) is 17.2 Å². The SMILES string of the molecule is CCOC(=O)N/N=C(\C)c1cc(C(=O)OC)c(NC(C)=O)cc1C(F)(F)F. The molecule has 0 unspecified atom stereocenters. The van der Waals surface area contributed by atoms with Gasteiger partial charge in [-0.3, -0.25) is 4.79 Å². The highest BCUT2D eigenvalue weighted by Crippen LogP contribution is 2.36. The van der Waals surface area contributed by atoms with Gasteiger partial charge in [0.25, 0.3) is 0 Å². The molecule has 0 bridgehead atoms. The molecule has 0 atom stereocenters. The van der Waals surface area contributed by atoms with Gasteiger partial charge in [-0.1, -0.05) is 0 Å². The van der Waals surface area contributed by atoms with Crippen molar-refractivity contribution >= 4 is 29.4 Å². The van der Waals surface area contributed by atoms with Gasteiger partial charge in [0.2, 0.25) is 5.91 Å². The number of nitrogens with one attached hydrogen (secondary N) is 2. The number of alkyl halides is 3. The molecule has 0 aliphatic heterocycles. The lowest BCUT2D eigenvalue weighted by Crippen LogP contribution is -2.22. The Morgan fingerprint density at radius 3 is 2.26 bits per heavy atom. The van der Waals surface area contributed by atoms with Crippen LogP contribution in [0.5, 0.6) is 0 Å². The zero-order valence-electron chi connectivity index (χ0n) is 15.0. The summed E-state index contributed by atoms with van der Waals surface area (Å²) in [5.74, 6) is -1.63. The first-order valence-electron chi connectivity index (χ1n) is 7.59. The average Bonchev–Trinajstić information content (AvgIpc) is 2.57. The zero-order valence-corrected chi connectivity index (χ0v) is 15.0. The summed E-state index contributed by atoms with van der Waals surface area (Å²) in [6, 6.07) is 1.48. The number of hydrogen-bond acceptors (Lipinski definition) is 6. The highest BCUT2D eigenvalue weighted by Gasteiger charge is 2.36. The van der Waals surface area contributed by atoms with Gasteiger partial charge in [0.1, 0.15) is 0 Å². The molecule has 0 spiro atoms. The first-order valence-corrected chi connectivity index (χ1v) is 7.59. The van der Waals surface area contributed by atoms with Crippen LogP contribution in [0, 0.1) is 0 Å². The number of methoxy groups -OCH3 is 1. The molecule has 2 amide bonds. The van der Waals surface area contributed by atoms with Gasteiger partial charge in [-0.2, -0.15) is 18.3 Å². The summed E-state index contributed by atoms with van der Waals surface area (Å²) in [5.41, 5.74) is -0.605.